The Kier molecular flexibility index (Phi) is 5.27. The third-order valence-corrected chi connectivity index (χ3v) is 2.06. The summed E-state index contributed by atoms with van der Waals surface area (Å²) < 4.78 is 5.14. The second kappa shape index (κ2) is 6.74. The molecule has 0 aromatic heterocycles. The van der Waals surface area contributed by atoms with Gasteiger partial charge in [-0.15, -0.1) is 0 Å². The minimum atomic E-state index is -0.334. The van der Waals surface area contributed by atoms with E-state index in [0.29, 0.717) is 5.75 Å². The zero-order valence-corrected chi connectivity index (χ0v) is 10.6. The number of benzene rings is 1. The highest BCUT2D eigenvalue weighted by molar-refractivity contribution is 5.84. The number of rotatable bonds is 5. The molecule has 0 amide bonds. The van der Waals surface area contributed by atoms with Crippen molar-refractivity contribution in [3.8, 4) is 5.75 Å². The number of carbonyl (C=O) groups is 1. The zero-order chi connectivity index (χ0) is 12.7. The molecule has 0 atom stereocenters. The molecule has 0 spiro atoms. The van der Waals surface area contributed by atoms with Gasteiger partial charge in [0.25, 0.3) is 0 Å². The van der Waals surface area contributed by atoms with E-state index in [1.807, 2.05) is 26.0 Å². The molecular weight excluding hydrogens is 214 g/mol. The fourth-order valence-corrected chi connectivity index (χ4v) is 1.29. The normalized spacial score (nSPS) is 9.59. The first-order valence-corrected chi connectivity index (χ1v) is 5.82. The van der Waals surface area contributed by atoms with E-state index in [0.717, 1.165) is 24.2 Å². The number of allylic oxidation sites excluding steroid dienone is 1. The molecule has 0 aliphatic rings. The van der Waals surface area contributed by atoms with Gasteiger partial charge in [0.15, 0.2) is 0 Å². The maximum absolute atomic E-state index is 11.4. The lowest BCUT2D eigenvalue weighted by molar-refractivity contribution is -0.129. The molecule has 0 saturated heterocycles. The number of carbonyl (C=O) groups excluding carboxylic acids is 1. The van der Waals surface area contributed by atoms with Gasteiger partial charge in [-0.1, -0.05) is 12.5 Å². The van der Waals surface area contributed by atoms with Crippen LogP contribution in [0.5, 0.6) is 5.75 Å². The van der Waals surface area contributed by atoms with Crippen LogP contribution >= 0.6 is 0 Å². The Labute approximate surface area is 102 Å². The molecule has 92 valence electrons. The SMILES string of the molecule is CCCNc1ccc(OC(=O)C=C(C)C)cc1. The molecule has 3 heteroatoms. The molecule has 3 nitrogen and oxygen atoms in total. The van der Waals surface area contributed by atoms with Crippen molar-refractivity contribution in [3.63, 3.8) is 0 Å². The molecule has 1 rings (SSSR count). The number of esters is 1. The number of hydrogen-bond acceptors (Lipinski definition) is 3. The van der Waals surface area contributed by atoms with Crippen LogP contribution in [-0.4, -0.2) is 12.5 Å². The summed E-state index contributed by atoms with van der Waals surface area (Å²) in [6.07, 6.45) is 2.56. The first-order chi connectivity index (χ1) is 8.11. The maximum atomic E-state index is 11.4. The van der Waals surface area contributed by atoms with Gasteiger partial charge in [0.05, 0.1) is 0 Å². The Balaban J connectivity index is 2.56. The Morgan fingerprint density at radius 1 is 1.29 bits per heavy atom. The second-order valence-electron chi connectivity index (χ2n) is 4.09. The van der Waals surface area contributed by atoms with Crippen molar-refractivity contribution in [2.75, 3.05) is 11.9 Å². The molecule has 0 bridgehead atoms. The van der Waals surface area contributed by atoms with Gasteiger partial charge in [-0.05, 0) is 44.5 Å². The van der Waals surface area contributed by atoms with Crippen molar-refractivity contribution in [3.05, 3.63) is 35.9 Å². The van der Waals surface area contributed by atoms with Crippen LogP contribution in [-0.2, 0) is 4.79 Å². The van der Waals surface area contributed by atoms with Crippen molar-refractivity contribution in [2.24, 2.45) is 0 Å². The van der Waals surface area contributed by atoms with Gasteiger partial charge >= 0.3 is 5.97 Å². The fourth-order valence-electron chi connectivity index (χ4n) is 1.29. The summed E-state index contributed by atoms with van der Waals surface area (Å²) in [4.78, 5) is 11.4. The Bertz CT molecular complexity index is 389. The van der Waals surface area contributed by atoms with E-state index in [-0.39, 0.29) is 5.97 Å². The van der Waals surface area contributed by atoms with Gasteiger partial charge in [0.2, 0.25) is 0 Å². The summed E-state index contributed by atoms with van der Waals surface area (Å²) in [5.74, 6) is 0.230. The van der Waals surface area contributed by atoms with E-state index in [9.17, 15) is 4.79 Å². The first kappa shape index (κ1) is 13.3. The molecule has 1 N–H and O–H groups in total. The third-order valence-electron chi connectivity index (χ3n) is 2.06. The highest BCUT2D eigenvalue weighted by Gasteiger charge is 2.00. The van der Waals surface area contributed by atoms with Gasteiger partial charge in [0, 0.05) is 18.3 Å². The Morgan fingerprint density at radius 2 is 1.94 bits per heavy atom. The Hall–Kier alpha value is -1.77. The van der Waals surface area contributed by atoms with Crippen molar-refractivity contribution < 1.29 is 9.53 Å². The largest absolute Gasteiger partial charge is 0.423 e. The molecule has 0 radical (unpaired) electrons. The lowest BCUT2D eigenvalue weighted by atomic mass is 10.3. The monoisotopic (exact) mass is 233 g/mol. The van der Waals surface area contributed by atoms with Crippen molar-refractivity contribution in [2.45, 2.75) is 27.2 Å². The van der Waals surface area contributed by atoms with E-state index in [4.69, 9.17) is 4.74 Å². The molecular formula is C14H19NO2. The van der Waals surface area contributed by atoms with E-state index < -0.39 is 0 Å². The molecule has 0 fully saturated rings. The van der Waals surface area contributed by atoms with Crippen molar-refractivity contribution in [1.82, 2.24) is 0 Å². The molecule has 0 saturated carbocycles. The molecule has 0 aliphatic heterocycles. The molecule has 0 aliphatic carbocycles. The van der Waals surface area contributed by atoms with E-state index in [2.05, 4.69) is 12.2 Å². The van der Waals surface area contributed by atoms with E-state index in [1.54, 1.807) is 12.1 Å². The van der Waals surface area contributed by atoms with Crippen molar-refractivity contribution in [1.29, 1.82) is 0 Å². The van der Waals surface area contributed by atoms with Crippen LogP contribution in [0.2, 0.25) is 0 Å². The average Bonchev–Trinajstić information content (AvgIpc) is 2.27. The standard InChI is InChI=1S/C14H19NO2/c1-4-9-15-12-5-7-13(8-6-12)17-14(16)10-11(2)3/h5-8,10,15H,4,9H2,1-3H3. The lowest BCUT2D eigenvalue weighted by Crippen LogP contribution is -2.04. The van der Waals surface area contributed by atoms with Gasteiger partial charge in [0.1, 0.15) is 5.75 Å². The number of ether oxygens (including phenoxy) is 1. The van der Waals surface area contributed by atoms with Crippen LogP contribution in [0.1, 0.15) is 27.2 Å². The fraction of sp³-hybridized carbons (Fsp3) is 0.357. The first-order valence-electron chi connectivity index (χ1n) is 5.82. The van der Waals surface area contributed by atoms with Crippen LogP contribution in [0.15, 0.2) is 35.9 Å². The van der Waals surface area contributed by atoms with Gasteiger partial charge < -0.3 is 10.1 Å². The topological polar surface area (TPSA) is 38.3 Å². The minimum absolute atomic E-state index is 0.334. The van der Waals surface area contributed by atoms with E-state index >= 15 is 0 Å². The molecule has 1 aromatic carbocycles. The summed E-state index contributed by atoms with van der Waals surface area (Å²) in [5.41, 5.74) is 1.96. The summed E-state index contributed by atoms with van der Waals surface area (Å²) in [6.45, 7) is 6.78. The Morgan fingerprint density at radius 3 is 2.47 bits per heavy atom. The summed E-state index contributed by atoms with van der Waals surface area (Å²) in [5, 5.41) is 3.25. The zero-order valence-electron chi connectivity index (χ0n) is 10.6. The molecule has 1 aromatic rings. The van der Waals surface area contributed by atoms with Crippen LogP contribution in [0.3, 0.4) is 0 Å². The molecule has 17 heavy (non-hydrogen) atoms. The van der Waals surface area contributed by atoms with Crippen LogP contribution in [0, 0.1) is 0 Å². The van der Waals surface area contributed by atoms with Gasteiger partial charge in [-0.25, -0.2) is 4.79 Å². The smallest absolute Gasteiger partial charge is 0.336 e. The predicted octanol–water partition coefficient (Wildman–Crippen LogP) is 3.38. The number of nitrogens with one attached hydrogen (secondary N) is 1. The third kappa shape index (κ3) is 5.20. The van der Waals surface area contributed by atoms with Crippen molar-refractivity contribution >= 4 is 11.7 Å². The second-order valence-corrected chi connectivity index (χ2v) is 4.09. The summed E-state index contributed by atoms with van der Waals surface area (Å²) in [6, 6.07) is 7.38. The van der Waals surface area contributed by atoms with Crippen LogP contribution in [0.25, 0.3) is 0 Å². The highest BCUT2D eigenvalue weighted by Crippen LogP contribution is 2.16. The summed E-state index contributed by atoms with van der Waals surface area (Å²) in [7, 11) is 0. The van der Waals surface area contributed by atoms with Crippen LogP contribution in [0.4, 0.5) is 5.69 Å². The quantitative estimate of drug-likeness (QED) is 0.481. The number of hydrogen-bond donors (Lipinski definition) is 1. The molecule has 0 heterocycles. The lowest BCUT2D eigenvalue weighted by Gasteiger charge is -2.06. The maximum Gasteiger partial charge on any atom is 0.336 e. The average molecular weight is 233 g/mol. The van der Waals surface area contributed by atoms with E-state index in [1.165, 1.54) is 6.08 Å². The molecule has 0 unspecified atom stereocenters. The summed E-state index contributed by atoms with van der Waals surface area (Å²) >= 11 is 0. The highest BCUT2D eigenvalue weighted by atomic mass is 16.5. The minimum Gasteiger partial charge on any atom is -0.423 e. The van der Waals surface area contributed by atoms with Gasteiger partial charge in [-0.3, -0.25) is 0 Å². The predicted molar refractivity (Wildman–Crippen MR) is 70.3 cm³/mol. The van der Waals surface area contributed by atoms with Gasteiger partial charge in [-0.2, -0.15) is 0 Å². The van der Waals surface area contributed by atoms with Crippen LogP contribution < -0.4 is 10.1 Å². The number of anilines is 1.